The average Bonchev–Trinajstić information content (AvgIpc) is 3.64. The Morgan fingerprint density at radius 2 is 0.598 bits per heavy atom. The predicted molar refractivity (Wildman–Crippen MR) is 376 cm³/mol. The molecule has 0 heterocycles. The van der Waals surface area contributed by atoms with Crippen LogP contribution in [0.5, 0.6) is 0 Å². The second-order valence-corrected chi connectivity index (χ2v) is 23.4. The Balaban J connectivity index is 4.01. The van der Waals surface area contributed by atoms with Gasteiger partial charge in [0.1, 0.15) is 6.61 Å². The first-order valence-corrected chi connectivity index (χ1v) is 35.8. The number of hydrogen-bond acceptors (Lipinski definition) is 8. The summed E-state index contributed by atoms with van der Waals surface area (Å²) in [6, 6.07) is 0. The highest BCUT2D eigenvalue weighted by molar-refractivity contribution is 7.47. The zero-order chi connectivity index (χ0) is 63.0. The number of rotatable bonds is 62. The lowest BCUT2D eigenvalue weighted by atomic mass is 10.0. The number of unbranched alkanes of at least 4 members (excludes halogenated alkanes) is 19. The van der Waals surface area contributed by atoms with E-state index in [0.717, 1.165) is 154 Å². The number of allylic oxidation sites excluding steroid dienone is 30. The quantitative estimate of drug-likeness (QED) is 0.0264. The molecule has 0 saturated heterocycles. The smallest absolute Gasteiger partial charge is 0.462 e. The molecular formula is C77H124NO8P. The van der Waals surface area contributed by atoms with Crippen LogP contribution in [-0.4, -0.2) is 49.3 Å². The number of carbonyl (C=O) groups excluding carboxylic acids is 2. The molecular weight excluding hydrogens is 1100 g/mol. The summed E-state index contributed by atoms with van der Waals surface area (Å²) < 4.78 is 33.1. The molecule has 0 saturated carbocycles. The molecule has 2 atom stereocenters. The second-order valence-electron chi connectivity index (χ2n) is 21.9. The molecule has 0 aromatic heterocycles. The second kappa shape index (κ2) is 70.2. The zero-order valence-electron chi connectivity index (χ0n) is 54.9. The van der Waals surface area contributed by atoms with Crippen LogP contribution in [0.25, 0.3) is 0 Å². The molecule has 2 unspecified atom stereocenters. The molecule has 0 bridgehead atoms. The summed E-state index contributed by atoms with van der Waals surface area (Å²) >= 11 is 0. The van der Waals surface area contributed by atoms with Crippen LogP contribution < -0.4 is 5.73 Å². The van der Waals surface area contributed by atoms with Crippen molar-refractivity contribution in [3.8, 4) is 0 Å². The van der Waals surface area contributed by atoms with Gasteiger partial charge in [-0.05, 0) is 135 Å². The van der Waals surface area contributed by atoms with Gasteiger partial charge in [-0.15, -0.1) is 0 Å². The van der Waals surface area contributed by atoms with Crippen molar-refractivity contribution < 1.29 is 37.6 Å². The Morgan fingerprint density at radius 3 is 0.885 bits per heavy atom. The molecule has 3 N–H and O–H groups in total. The van der Waals surface area contributed by atoms with Gasteiger partial charge >= 0.3 is 19.8 Å². The topological polar surface area (TPSA) is 134 Å². The maximum atomic E-state index is 12.8. The van der Waals surface area contributed by atoms with E-state index < -0.39 is 32.5 Å². The Hall–Kier alpha value is -4.89. The molecule has 0 aromatic rings. The zero-order valence-corrected chi connectivity index (χ0v) is 55.8. The number of carbonyl (C=O) groups is 2. The summed E-state index contributed by atoms with van der Waals surface area (Å²) in [5.41, 5.74) is 5.40. The summed E-state index contributed by atoms with van der Waals surface area (Å²) in [6.45, 7) is 3.48. The minimum Gasteiger partial charge on any atom is -0.462 e. The van der Waals surface area contributed by atoms with Gasteiger partial charge < -0.3 is 20.1 Å². The highest BCUT2D eigenvalue weighted by Gasteiger charge is 2.26. The van der Waals surface area contributed by atoms with E-state index in [-0.39, 0.29) is 32.6 Å². The van der Waals surface area contributed by atoms with E-state index in [1.165, 1.54) is 70.6 Å². The van der Waals surface area contributed by atoms with Crippen LogP contribution in [0, 0.1) is 0 Å². The van der Waals surface area contributed by atoms with Crippen molar-refractivity contribution in [1.29, 1.82) is 0 Å². The normalized spacial score (nSPS) is 14.1. The Morgan fingerprint density at radius 1 is 0.345 bits per heavy atom. The summed E-state index contributed by atoms with van der Waals surface area (Å²) in [4.78, 5) is 35.4. The molecule has 0 amide bonds. The van der Waals surface area contributed by atoms with Gasteiger partial charge in [0.2, 0.25) is 0 Å². The Kier molecular flexibility index (Phi) is 66.3. The Bertz CT molecular complexity index is 2080. The Labute approximate surface area is 533 Å². The van der Waals surface area contributed by atoms with E-state index in [0.29, 0.717) is 6.42 Å². The van der Waals surface area contributed by atoms with Gasteiger partial charge in [-0.3, -0.25) is 18.6 Å². The lowest BCUT2D eigenvalue weighted by Gasteiger charge is -2.19. The first-order chi connectivity index (χ1) is 42.8. The highest BCUT2D eigenvalue weighted by atomic mass is 31.2. The molecule has 0 aromatic carbocycles. The van der Waals surface area contributed by atoms with Gasteiger partial charge in [0.25, 0.3) is 0 Å². The molecule has 10 heteroatoms. The molecule has 9 nitrogen and oxygen atoms in total. The molecule has 87 heavy (non-hydrogen) atoms. The SMILES string of the molecule is CC/C=C\C/C=C\C/C=C\C/C=C\C/C=C\C/C=C\C/C=C\C/C=C\C/C=C\CCCCCCCC(=O)OC(COC(=O)CCCCCCCCCCCCCCCC/C=C\C/C=C\C/C=C\C/C=C\C/C=C\C/C=C\CC)COP(=O)(O)OCCN. The van der Waals surface area contributed by atoms with Crippen molar-refractivity contribution in [3.05, 3.63) is 182 Å². The molecule has 0 radical (unpaired) electrons. The number of phosphoric ester groups is 1. The summed E-state index contributed by atoms with van der Waals surface area (Å²) in [5.74, 6) is -0.860. The fourth-order valence-corrected chi connectivity index (χ4v) is 9.57. The van der Waals surface area contributed by atoms with Gasteiger partial charge in [0.15, 0.2) is 6.10 Å². The van der Waals surface area contributed by atoms with Crippen molar-refractivity contribution >= 4 is 19.8 Å². The van der Waals surface area contributed by atoms with Crippen molar-refractivity contribution in [2.45, 2.75) is 264 Å². The number of phosphoric acid groups is 1. The van der Waals surface area contributed by atoms with Gasteiger partial charge in [-0.1, -0.05) is 292 Å². The molecule has 0 fully saturated rings. The number of ether oxygens (including phenoxy) is 2. The van der Waals surface area contributed by atoms with Crippen molar-refractivity contribution in [2.24, 2.45) is 5.73 Å². The molecule has 0 aliphatic heterocycles. The molecule has 0 aliphatic carbocycles. The molecule has 490 valence electrons. The minimum atomic E-state index is -4.41. The number of hydrogen-bond donors (Lipinski definition) is 2. The average molecular weight is 1220 g/mol. The minimum absolute atomic E-state index is 0.0407. The standard InChI is InChI=1S/C77H124NO8P/c1-3-5-7-9-11-13-15-17-19-21-23-25-27-29-31-33-35-37-39-41-43-45-47-49-51-53-55-57-59-61-63-65-67-69-76(79)83-73-75(74-85-87(81,82)84-72-71-78)86-77(80)70-68-66-64-62-60-58-56-54-52-50-48-46-44-42-40-38-36-34-32-30-28-26-24-22-20-18-16-14-12-10-8-6-4-2/h5-8,11-14,17-20,23-26,29-32,35-38,42,44,48,50,54,56,75H,3-4,9-10,15-16,21-22,27-28,33-34,39-41,43,45-47,49,51-53,55,57-74,78H2,1-2H3,(H,81,82)/b7-5-,8-6-,13-11-,14-12-,19-17-,20-18-,25-23-,26-24-,31-29-,32-30-,37-35-,38-36-,44-42-,50-48-,56-54-. The third-order valence-electron chi connectivity index (χ3n) is 13.8. The van der Waals surface area contributed by atoms with Crippen LogP contribution in [-0.2, 0) is 32.7 Å². The van der Waals surface area contributed by atoms with E-state index >= 15 is 0 Å². The first-order valence-electron chi connectivity index (χ1n) is 34.3. The molecule has 0 rings (SSSR count). The highest BCUT2D eigenvalue weighted by Crippen LogP contribution is 2.43. The van der Waals surface area contributed by atoms with E-state index in [4.69, 9.17) is 24.3 Å². The van der Waals surface area contributed by atoms with Crippen LogP contribution in [0.3, 0.4) is 0 Å². The maximum absolute atomic E-state index is 12.8. The van der Waals surface area contributed by atoms with E-state index in [1.807, 2.05) is 0 Å². The summed E-state index contributed by atoms with van der Waals surface area (Å²) in [6.07, 6.45) is 105. The van der Waals surface area contributed by atoms with Gasteiger partial charge in [0, 0.05) is 19.4 Å². The van der Waals surface area contributed by atoms with Crippen LogP contribution in [0.4, 0.5) is 0 Å². The number of esters is 2. The van der Waals surface area contributed by atoms with Crippen molar-refractivity contribution in [1.82, 2.24) is 0 Å². The fourth-order valence-electron chi connectivity index (χ4n) is 8.81. The summed E-state index contributed by atoms with van der Waals surface area (Å²) in [5, 5.41) is 0. The van der Waals surface area contributed by atoms with Gasteiger partial charge in [-0.25, -0.2) is 4.57 Å². The van der Waals surface area contributed by atoms with Crippen LogP contribution in [0.15, 0.2) is 182 Å². The van der Waals surface area contributed by atoms with E-state index in [2.05, 4.69) is 196 Å². The van der Waals surface area contributed by atoms with Gasteiger partial charge in [0.05, 0.1) is 13.2 Å². The molecule has 0 aliphatic rings. The van der Waals surface area contributed by atoms with Crippen LogP contribution in [0.2, 0.25) is 0 Å². The van der Waals surface area contributed by atoms with Crippen molar-refractivity contribution in [3.63, 3.8) is 0 Å². The lowest BCUT2D eigenvalue weighted by Crippen LogP contribution is -2.29. The summed E-state index contributed by atoms with van der Waals surface area (Å²) in [7, 11) is -4.41. The van der Waals surface area contributed by atoms with E-state index in [1.54, 1.807) is 0 Å². The van der Waals surface area contributed by atoms with E-state index in [9.17, 15) is 19.0 Å². The third kappa shape index (κ3) is 70.1. The van der Waals surface area contributed by atoms with Crippen LogP contribution in [0.1, 0.15) is 258 Å². The largest absolute Gasteiger partial charge is 0.472 e. The fraction of sp³-hybridized carbons (Fsp3) is 0.584. The lowest BCUT2D eigenvalue weighted by molar-refractivity contribution is -0.161. The number of nitrogens with two attached hydrogens (primary N) is 1. The van der Waals surface area contributed by atoms with Crippen molar-refractivity contribution in [2.75, 3.05) is 26.4 Å². The van der Waals surface area contributed by atoms with Crippen LogP contribution >= 0.6 is 7.82 Å². The molecule has 0 spiro atoms. The third-order valence-corrected chi connectivity index (χ3v) is 14.8. The first kappa shape index (κ1) is 82.1. The van der Waals surface area contributed by atoms with Gasteiger partial charge in [-0.2, -0.15) is 0 Å². The monoisotopic (exact) mass is 1220 g/mol. The predicted octanol–water partition coefficient (Wildman–Crippen LogP) is 22.7. The maximum Gasteiger partial charge on any atom is 0.472 e.